The molecule has 0 saturated carbocycles. The number of rotatable bonds is 7. The van der Waals surface area contributed by atoms with Gasteiger partial charge in [-0.1, -0.05) is 36.4 Å². The summed E-state index contributed by atoms with van der Waals surface area (Å²) in [4.78, 5) is 16.1. The summed E-state index contributed by atoms with van der Waals surface area (Å²) in [6.07, 6.45) is 0.900. The predicted octanol–water partition coefficient (Wildman–Crippen LogP) is 2.27. The molecule has 0 saturated heterocycles. The van der Waals surface area contributed by atoms with Gasteiger partial charge in [0.1, 0.15) is 5.82 Å². The maximum atomic E-state index is 13.5. The number of hydrogen-bond donors (Lipinski definition) is 3. The van der Waals surface area contributed by atoms with Crippen molar-refractivity contribution in [2.45, 2.75) is 13.3 Å². The summed E-state index contributed by atoms with van der Waals surface area (Å²) in [5.74, 6) is 0.00748. The molecule has 0 radical (unpaired) electrons. The van der Waals surface area contributed by atoms with Crippen LogP contribution in [0.25, 0.3) is 0 Å². The van der Waals surface area contributed by atoms with Gasteiger partial charge < -0.3 is 16.0 Å². The average Bonchev–Trinajstić information content (AvgIpc) is 2.66. The lowest BCUT2D eigenvalue weighted by Gasteiger charge is -2.12. The van der Waals surface area contributed by atoms with E-state index in [9.17, 15) is 9.18 Å². The van der Waals surface area contributed by atoms with E-state index >= 15 is 0 Å². The van der Waals surface area contributed by atoms with Gasteiger partial charge in [-0.3, -0.25) is 9.79 Å². The molecule has 0 aliphatic carbocycles. The zero-order valence-electron chi connectivity index (χ0n) is 15.2. The zero-order chi connectivity index (χ0) is 18.8. The Kier molecular flexibility index (Phi) is 7.61. The number of halogens is 1. The molecule has 0 unspecified atom stereocenters. The van der Waals surface area contributed by atoms with Crippen LogP contribution in [-0.4, -0.2) is 38.5 Å². The second-order valence-corrected chi connectivity index (χ2v) is 5.88. The van der Waals surface area contributed by atoms with Crippen LogP contribution >= 0.6 is 0 Å². The summed E-state index contributed by atoms with van der Waals surface area (Å²) in [5.41, 5.74) is 2.10. The van der Waals surface area contributed by atoms with Gasteiger partial charge in [-0.15, -0.1) is 0 Å². The number of aryl methyl sites for hydroxylation is 1. The van der Waals surface area contributed by atoms with E-state index in [0.29, 0.717) is 30.2 Å². The summed E-state index contributed by atoms with van der Waals surface area (Å²) in [6, 6.07) is 14.7. The summed E-state index contributed by atoms with van der Waals surface area (Å²) in [5, 5.41) is 9.12. The van der Waals surface area contributed by atoms with E-state index in [4.69, 9.17) is 0 Å². The van der Waals surface area contributed by atoms with Gasteiger partial charge in [0.2, 0.25) is 0 Å². The fourth-order valence-electron chi connectivity index (χ4n) is 2.38. The number of guanidine groups is 1. The fraction of sp³-hybridized carbons (Fsp3) is 0.300. The molecule has 138 valence electrons. The minimum atomic E-state index is -0.376. The standard InChI is InChI=1S/C20H25FN4O/c1-15-8-9-17(14-18(15)21)19(26)23-12-13-25-20(22-2)24-11-10-16-6-4-3-5-7-16/h3-9,14H,10-13H2,1-2H3,(H,23,26)(H2,22,24,25). The van der Waals surface area contributed by atoms with E-state index in [0.717, 1.165) is 13.0 Å². The number of amides is 1. The maximum absolute atomic E-state index is 13.5. The summed E-state index contributed by atoms with van der Waals surface area (Å²) in [6.45, 7) is 3.36. The third kappa shape index (κ3) is 6.20. The topological polar surface area (TPSA) is 65.5 Å². The highest BCUT2D eigenvalue weighted by molar-refractivity contribution is 5.94. The summed E-state index contributed by atoms with van der Waals surface area (Å²) in [7, 11) is 1.70. The number of nitrogens with one attached hydrogen (secondary N) is 3. The van der Waals surface area contributed by atoms with Crippen molar-refractivity contribution in [3.8, 4) is 0 Å². The molecule has 2 rings (SSSR count). The molecule has 26 heavy (non-hydrogen) atoms. The molecule has 0 spiro atoms. The van der Waals surface area contributed by atoms with Gasteiger partial charge in [0.15, 0.2) is 5.96 Å². The van der Waals surface area contributed by atoms with E-state index in [1.807, 2.05) is 18.2 Å². The predicted molar refractivity (Wildman–Crippen MR) is 103 cm³/mol. The molecular formula is C20H25FN4O. The minimum absolute atomic E-state index is 0.294. The molecule has 0 aliphatic heterocycles. The van der Waals surface area contributed by atoms with Crippen LogP contribution in [0.3, 0.4) is 0 Å². The lowest BCUT2D eigenvalue weighted by molar-refractivity contribution is 0.0954. The van der Waals surface area contributed by atoms with Gasteiger partial charge in [0, 0.05) is 32.2 Å². The third-order valence-electron chi connectivity index (χ3n) is 3.91. The first-order chi connectivity index (χ1) is 12.6. The van der Waals surface area contributed by atoms with Crippen LogP contribution in [0.2, 0.25) is 0 Å². The van der Waals surface area contributed by atoms with Crippen LogP contribution < -0.4 is 16.0 Å². The molecule has 2 aromatic carbocycles. The Morgan fingerprint density at radius 2 is 1.69 bits per heavy atom. The van der Waals surface area contributed by atoms with Crippen molar-refractivity contribution in [3.63, 3.8) is 0 Å². The van der Waals surface area contributed by atoms with Crippen molar-refractivity contribution in [1.29, 1.82) is 0 Å². The molecule has 5 nitrogen and oxygen atoms in total. The van der Waals surface area contributed by atoms with E-state index in [-0.39, 0.29) is 11.7 Å². The van der Waals surface area contributed by atoms with Gasteiger partial charge in [-0.2, -0.15) is 0 Å². The molecule has 0 heterocycles. The molecule has 0 aliphatic rings. The molecule has 3 N–H and O–H groups in total. The normalized spacial score (nSPS) is 11.1. The highest BCUT2D eigenvalue weighted by Gasteiger charge is 2.07. The Labute approximate surface area is 153 Å². The molecule has 1 amide bonds. The largest absolute Gasteiger partial charge is 0.356 e. The van der Waals surface area contributed by atoms with Gasteiger partial charge in [0.25, 0.3) is 5.91 Å². The van der Waals surface area contributed by atoms with Crippen molar-refractivity contribution < 1.29 is 9.18 Å². The molecule has 0 fully saturated rings. The van der Waals surface area contributed by atoms with Gasteiger partial charge in [0.05, 0.1) is 0 Å². The van der Waals surface area contributed by atoms with Crippen LogP contribution in [-0.2, 0) is 6.42 Å². The molecular weight excluding hydrogens is 331 g/mol. The minimum Gasteiger partial charge on any atom is -0.356 e. The van der Waals surface area contributed by atoms with Crippen molar-refractivity contribution in [1.82, 2.24) is 16.0 Å². The lowest BCUT2D eigenvalue weighted by atomic mass is 10.1. The molecule has 0 aromatic heterocycles. The number of aliphatic imine (C=N–C) groups is 1. The van der Waals surface area contributed by atoms with E-state index in [1.165, 1.54) is 11.6 Å². The smallest absolute Gasteiger partial charge is 0.251 e. The highest BCUT2D eigenvalue weighted by atomic mass is 19.1. The zero-order valence-corrected chi connectivity index (χ0v) is 15.2. The van der Waals surface area contributed by atoms with Gasteiger partial charge >= 0.3 is 0 Å². The second-order valence-electron chi connectivity index (χ2n) is 5.88. The number of hydrogen-bond acceptors (Lipinski definition) is 2. The number of nitrogens with zero attached hydrogens (tertiary/aromatic N) is 1. The first kappa shape index (κ1) is 19.4. The van der Waals surface area contributed by atoms with Crippen molar-refractivity contribution >= 4 is 11.9 Å². The Morgan fingerprint density at radius 1 is 1.00 bits per heavy atom. The van der Waals surface area contributed by atoms with Crippen molar-refractivity contribution in [2.24, 2.45) is 4.99 Å². The first-order valence-electron chi connectivity index (χ1n) is 8.63. The van der Waals surface area contributed by atoms with E-state index in [1.54, 1.807) is 26.1 Å². The monoisotopic (exact) mass is 356 g/mol. The average molecular weight is 356 g/mol. The number of carbonyl (C=O) groups excluding carboxylic acids is 1. The Morgan fingerprint density at radius 3 is 2.38 bits per heavy atom. The molecule has 6 heteroatoms. The fourth-order valence-corrected chi connectivity index (χ4v) is 2.38. The van der Waals surface area contributed by atoms with Crippen LogP contribution in [0.1, 0.15) is 21.5 Å². The Bertz CT molecular complexity index is 747. The summed E-state index contributed by atoms with van der Waals surface area (Å²) >= 11 is 0. The second kappa shape index (κ2) is 10.2. The highest BCUT2D eigenvalue weighted by Crippen LogP contribution is 2.08. The van der Waals surface area contributed by atoms with Crippen LogP contribution in [0.5, 0.6) is 0 Å². The maximum Gasteiger partial charge on any atom is 0.251 e. The number of carbonyl (C=O) groups is 1. The van der Waals surface area contributed by atoms with Crippen LogP contribution in [0.15, 0.2) is 53.5 Å². The lowest BCUT2D eigenvalue weighted by Crippen LogP contribution is -2.42. The Hall–Kier alpha value is -2.89. The SMILES string of the molecule is CN=C(NCCNC(=O)c1ccc(C)c(F)c1)NCCc1ccccc1. The van der Waals surface area contributed by atoms with Crippen LogP contribution in [0, 0.1) is 12.7 Å². The third-order valence-corrected chi connectivity index (χ3v) is 3.91. The molecule has 0 bridgehead atoms. The van der Waals surface area contributed by atoms with Gasteiger partial charge in [-0.25, -0.2) is 4.39 Å². The molecule has 2 aromatic rings. The first-order valence-corrected chi connectivity index (χ1v) is 8.63. The Balaban J connectivity index is 1.67. The number of benzene rings is 2. The van der Waals surface area contributed by atoms with Crippen LogP contribution in [0.4, 0.5) is 4.39 Å². The molecule has 0 atom stereocenters. The quantitative estimate of drug-likeness (QED) is 0.405. The van der Waals surface area contributed by atoms with E-state index < -0.39 is 0 Å². The van der Waals surface area contributed by atoms with Gasteiger partial charge in [-0.05, 0) is 36.6 Å². The van der Waals surface area contributed by atoms with Crippen molar-refractivity contribution in [2.75, 3.05) is 26.7 Å². The van der Waals surface area contributed by atoms with E-state index in [2.05, 4.69) is 33.1 Å². The van der Waals surface area contributed by atoms with Crippen molar-refractivity contribution in [3.05, 3.63) is 71.0 Å². The summed E-state index contributed by atoms with van der Waals surface area (Å²) < 4.78 is 13.5.